The maximum Gasteiger partial charge on any atom is 1.00 e. The normalized spacial score (nSPS) is 15.9. The Morgan fingerprint density at radius 2 is 1.31 bits per heavy atom. The molecule has 1 saturated heterocycles. The van der Waals surface area contributed by atoms with E-state index < -0.39 is 39.7 Å². The molecule has 2 fully saturated rings. The minimum absolute atomic E-state index is 0. The van der Waals surface area contributed by atoms with Gasteiger partial charge in [-0.25, -0.2) is 8.42 Å². The second-order valence-electron chi connectivity index (χ2n) is 14.4. The van der Waals surface area contributed by atoms with E-state index in [1.807, 2.05) is 18.2 Å². The monoisotopic (exact) mass is 876 g/mol. The number of rotatable bonds is 14. The van der Waals surface area contributed by atoms with E-state index in [2.05, 4.69) is 15.5 Å². The summed E-state index contributed by atoms with van der Waals surface area (Å²) in [7, 11) is -4.02. The zero-order valence-corrected chi connectivity index (χ0v) is 39.2. The smallest absolute Gasteiger partial charge is 0.550 e. The molecule has 1 aliphatic heterocycles. The molecule has 318 valence electrons. The van der Waals surface area contributed by atoms with Gasteiger partial charge >= 0.3 is 59.1 Å². The number of hydrogen-bond acceptors (Lipinski definition) is 9. The fourth-order valence-corrected chi connectivity index (χ4v) is 9.32. The molecule has 2 amide bonds. The Bertz CT molecular complexity index is 2180. The molecule has 1 aliphatic carbocycles. The summed E-state index contributed by atoms with van der Waals surface area (Å²) < 4.78 is 29.1. The quantitative estimate of drug-likeness (QED) is 0.129. The molecule has 14 nitrogen and oxygen atoms in total. The summed E-state index contributed by atoms with van der Waals surface area (Å²) in [5.74, 6) is -3.93. The number of aryl methyl sites for hydroxylation is 2. The fourth-order valence-electron chi connectivity index (χ4n) is 7.58. The van der Waals surface area contributed by atoms with Gasteiger partial charge < -0.3 is 46.3 Å². The van der Waals surface area contributed by atoms with E-state index in [1.165, 1.54) is 40.7 Å². The van der Waals surface area contributed by atoms with Crippen molar-refractivity contribution >= 4 is 50.8 Å². The molecule has 0 unspecified atom stereocenters. The Morgan fingerprint density at radius 3 is 1.87 bits per heavy atom. The van der Waals surface area contributed by atoms with E-state index in [-0.39, 0.29) is 117 Å². The zero-order valence-electron chi connectivity index (χ0n) is 34.4. The van der Waals surface area contributed by atoms with Gasteiger partial charge in [0.05, 0.1) is 22.1 Å². The van der Waals surface area contributed by atoms with Crippen molar-refractivity contribution in [3.05, 3.63) is 119 Å². The SMILES string of the molecule is C.CCN(C1CCC(C(=O)[O-])CC1)S(=O)(=O)c1cccc(C(=O)Nc2ccc(N3CCCCC3)cc2C(=O)Nc2ccc(CCc3ccc(C(=O)[O-])cc3)cc2)c1.O.O.[Na+].[Na+]. The Hall–Kier alpha value is -3.61. The van der Waals surface area contributed by atoms with Gasteiger partial charge in [0.1, 0.15) is 0 Å². The van der Waals surface area contributed by atoms with Crippen LogP contribution in [0.3, 0.4) is 0 Å². The van der Waals surface area contributed by atoms with Crippen LogP contribution in [0.5, 0.6) is 0 Å². The molecular weight excluding hydrogens is 823 g/mol. The van der Waals surface area contributed by atoms with Gasteiger partial charge in [0.2, 0.25) is 10.0 Å². The first-order chi connectivity index (χ1) is 26.9. The summed E-state index contributed by atoms with van der Waals surface area (Å²) >= 11 is 0. The van der Waals surface area contributed by atoms with E-state index in [9.17, 15) is 37.8 Å². The van der Waals surface area contributed by atoms with Gasteiger partial charge in [0.15, 0.2) is 0 Å². The Balaban J connectivity index is 0.00000372. The largest absolute Gasteiger partial charge is 1.00 e. The average Bonchev–Trinajstić information content (AvgIpc) is 3.21. The second-order valence-corrected chi connectivity index (χ2v) is 16.3. The maximum absolute atomic E-state index is 13.9. The summed E-state index contributed by atoms with van der Waals surface area (Å²) in [6, 6.07) is 24.8. The Kier molecular flexibility index (Phi) is 23.2. The molecule has 0 spiro atoms. The third kappa shape index (κ3) is 14.2. The molecule has 4 aromatic carbocycles. The number of aliphatic carboxylic acids is 1. The molecule has 1 saturated carbocycles. The number of sulfonamides is 1. The molecule has 0 aromatic heterocycles. The van der Waals surface area contributed by atoms with Crippen LogP contribution in [0.2, 0.25) is 0 Å². The van der Waals surface area contributed by atoms with Crippen molar-refractivity contribution < 1.29 is 108 Å². The first-order valence-electron chi connectivity index (χ1n) is 19.2. The molecule has 0 bridgehead atoms. The van der Waals surface area contributed by atoms with Crippen molar-refractivity contribution in [2.75, 3.05) is 35.2 Å². The molecule has 0 radical (unpaired) electrons. The number of aromatic carboxylic acids is 1. The number of carboxylic acids is 2. The zero-order chi connectivity index (χ0) is 39.8. The summed E-state index contributed by atoms with van der Waals surface area (Å²) in [5.41, 5.74) is 4.18. The number of nitrogens with one attached hydrogen (secondary N) is 2. The first-order valence-corrected chi connectivity index (χ1v) is 20.6. The number of nitrogens with zero attached hydrogens (tertiary/aromatic N) is 2. The van der Waals surface area contributed by atoms with E-state index in [4.69, 9.17) is 0 Å². The Labute approximate surface area is 402 Å². The third-order valence-electron chi connectivity index (χ3n) is 10.8. The molecule has 6 N–H and O–H groups in total. The van der Waals surface area contributed by atoms with Crippen molar-refractivity contribution in [1.29, 1.82) is 0 Å². The van der Waals surface area contributed by atoms with Gasteiger partial charge in [-0.1, -0.05) is 56.8 Å². The summed E-state index contributed by atoms with van der Waals surface area (Å²) in [4.78, 5) is 52.2. The number of carbonyl (C=O) groups excluding carboxylic acids is 4. The maximum atomic E-state index is 13.9. The van der Waals surface area contributed by atoms with E-state index in [0.29, 0.717) is 44.2 Å². The number of carboxylic acid groups (broad SMARTS) is 2. The van der Waals surface area contributed by atoms with Gasteiger partial charge in [0.25, 0.3) is 11.8 Å². The van der Waals surface area contributed by atoms with Crippen molar-refractivity contribution in [3.8, 4) is 0 Å². The molecule has 2 aliphatic rings. The van der Waals surface area contributed by atoms with Gasteiger partial charge in [-0.2, -0.15) is 4.31 Å². The van der Waals surface area contributed by atoms with Crippen LogP contribution in [0.4, 0.5) is 17.1 Å². The average molecular weight is 877 g/mol. The van der Waals surface area contributed by atoms with Gasteiger partial charge in [-0.05, 0) is 129 Å². The topological polar surface area (TPSA) is 242 Å². The number of hydrogen-bond donors (Lipinski definition) is 2. The summed E-state index contributed by atoms with van der Waals surface area (Å²) in [5, 5.41) is 28.2. The van der Waals surface area contributed by atoms with Gasteiger partial charge in [0, 0.05) is 48.6 Å². The second kappa shape index (κ2) is 25.5. The molecule has 0 atom stereocenters. The van der Waals surface area contributed by atoms with Crippen LogP contribution in [0.1, 0.15) is 101 Å². The van der Waals surface area contributed by atoms with Crippen LogP contribution < -0.4 is 84.9 Å². The molecule has 61 heavy (non-hydrogen) atoms. The minimum atomic E-state index is -4.02. The van der Waals surface area contributed by atoms with Crippen LogP contribution >= 0.6 is 0 Å². The van der Waals surface area contributed by atoms with Crippen molar-refractivity contribution in [2.45, 2.75) is 83.1 Å². The number of carbonyl (C=O) groups is 4. The minimum Gasteiger partial charge on any atom is -0.550 e. The van der Waals surface area contributed by atoms with Gasteiger partial charge in [-0.15, -0.1) is 0 Å². The number of piperidine rings is 1. The van der Waals surface area contributed by atoms with Crippen molar-refractivity contribution in [1.82, 2.24) is 4.31 Å². The van der Waals surface area contributed by atoms with Crippen molar-refractivity contribution in [2.24, 2.45) is 5.92 Å². The predicted octanol–water partition coefficient (Wildman–Crippen LogP) is -2.36. The number of benzene rings is 4. The molecule has 17 heteroatoms. The van der Waals surface area contributed by atoms with Crippen LogP contribution in [0.15, 0.2) is 95.9 Å². The van der Waals surface area contributed by atoms with Crippen LogP contribution in [-0.4, -0.2) is 73.1 Å². The molecule has 1 heterocycles. The van der Waals surface area contributed by atoms with Crippen LogP contribution in [0.25, 0.3) is 0 Å². The van der Waals surface area contributed by atoms with E-state index in [0.717, 1.165) is 49.2 Å². The van der Waals surface area contributed by atoms with Gasteiger partial charge in [-0.3, -0.25) is 9.59 Å². The van der Waals surface area contributed by atoms with Crippen LogP contribution in [0, 0.1) is 5.92 Å². The summed E-state index contributed by atoms with van der Waals surface area (Å²) in [6.45, 7) is 3.62. The fraction of sp³-hybridized carbons (Fsp3) is 0.364. The molecule has 6 rings (SSSR count). The first kappa shape index (κ1) is 55.4. The predicted molar refractivity (Wildman–Crippen MR) is 224 cm³/mol. The number of amides is 2. The Morgan fingerprint density at radius 1 is 0.721 bits per heavy atom. The van der Waals surface area contributed by atoms with E-state index >= 15 is 0 Å². The van der Waals surface area contributed by atoms with Crippen molar-refractivity contribution in [3.63, 3.8) is 0 Å². The molecular formula is C44H54N4Na2O10S. The third-order valence-corrected chi connectivity index (χ3v) is 12.8. The molecule has 4 aromatic rings. The summed E-state index contributed by atoms with van der Waals surface area (Å²) in [6.07, 6.45) is 6.09. The van der Waals surface area contributed by atoms with E-state index in [1.54, 1.807) is 43.3 Å². The van der Waals surface area contributed by atoms with Crippen LogP contribution in [-0.2, 0) is 27.7 Å². The number of anilines is 3. The standard InChI is InChI=1S/C43H48N4O8S.CH4.2Na.2H2O/c1-2-47(35-21-17-32(18-22-35)43(52)53)56(54,55)37-8-6-7-33(27-37)40(48)45-39-24-23-36(46-25-4-3-5-26-46)28-38(39)41(49)44-34-19-13-30(14-20-34)10-9-29-11-15-31(16-12-29)42(50)51;;;;;/h6-8,11-16,19-20,23-24,27-28,32,35H,2-5,9-10,17-18,21-22,25-26H2,1H3,(H,44,49)(H,45,48)(H,50,51)(H,52,53);1H4;;;2*1H2/q;;2*+1;;/p-2.